The summed E-state index contributed by atoms with van der Waals surface area (Å²) in [7, 11) is -8.07. The lowest BCUT2D eigenvalue weighted by Gasteiger charge is -2.40. The van der Waals surface area contributed by atoms with Gasteiger partial charge in [-0.3, -0.25) is 4.79 Å². The molecule has 152 valence electrons. The molecule has 1 heterocycles. The number of sulfonamides is 2. The Labute approximate surface area is 168 Å². The lowest BCUT2D eigenvalue weighted by Crippen LogP contribution is -2.63. The number of carbonyl (C=O) groups excluding carboxylic acids is 1. The molecule has 1 aromatic carbocycles. The number of halogens is 2. The van der Waals surface area contributed by atoms with Crippen molar-refractivity contribution < 1.29 is 21.6 Å². The quantitative estimate of drug-likeness (QED) is 0.619. The molecule has 3 N–H and O–H groups in total. The number of hydrogen-bond donors (Lipinski definition) is 2. The van der Waals surface area contributed by atoms with Crippen molar-refractivity contribution in [2.45, 2.75) is 17.5 Å². The Hall–Kier alpha value is -0.950. The molecule has 0 spiro atoms. The molecule has 1 amide bonds. The topological polar surface area (TPSA) is 130 Å². The largest absolute Gasteiger partial charge is 0.352 e. The Morgan fingerprint density at radius 1 is 1.19 bits per heavy atom. The lowest BCUT2D eigenvalue weighted by atomic mass is 10.3. The number of nitrogens with two attached hydrogens (primary N) is 1. The molecule has 0 radical (unpaired) electrons. The van der Waals surface area contributed by atoms with Gasteiger partial charge in [0, 0.05) is 26.2 Å². The van der Waals surface area contributed by atoms with Crippen molar-refractivity contribution in [1.82, 2.24) is 13.9 Å². The molecule has 1 atom stereocenters. The number of rotatable bonds is 6. The monoisotopic (exact) mass is 458 g/mol. The standard InChI is InChI=1S/C14H20Cl2N4O5S2/c1-26(22,23)19-7-2-8-20(14(19)13(21)18-6-5-17)27(24,25)10-3-4-11(15)12(16)9-10/h3-4,9,14H,2,5-8,17H2,1H3,(H,18,21). The van der Waals surface area contributed by atoms with Gasteiger partial charge in [-0.15, -0.1) is 0 Å². The predicted molar refractivity (Wildman–Crippen MR) is 102 cm³/mol. The number of nitrogens with zero attached hydrogens (tertiary/aromatic N) is 2. The molecule has 0 saturated carbocycles. The molecule has 1 aliphatic heterocycles. The summed E-state index contributed by atoms with van der Waals surface area (Å²) in [5, 5.41) is 2.65. The van der Waals surface area contributed by atoms with E-state index in [-0.39, 0.29) is 47.5 Å². The predicted octanol–water partition coefficient (Wildman–Crippen LogP) is 0.0504. The fourth-order valence-corrected chi connectivity index (χ4v) is 5.77. The third-order valence-electron chi connectivity index (χ3n) is 3.90. The van der Waals surface area contributed by atoms with Crippen LogP contribution in [0.2, 0.25) is 10.0 Å². The number of carbonyl (C=O) groups is 1. The zero-order valence-corrected chi connectivity index (χ0v) is 17.6. The van der Waals surface area contributed by atoms with Crippen molar-refractivity contribution in [3.63, 3.8) is 0 Å². The highest BCUT2D eigenvalue weighted by Crippen LogP contribution is 2.30. The minimum absolute atomic E-state index is 0.0208. The first-order valence-corrected chi connectivity index (χ1v) is 12.0. The highest BCUT2D eigenvalue weighted by atomic mass is 35.5. The minimum Gasteiger partial charge on any atom is -0.352 e. The molecule has 1 aliphatic rings. The van der Waals surface area contributed by atoms with Crippen molar-refractivity contribution >= 4 is 49.2 Å². The van der Waals surface area contributed by atoms with Gasteiger partial charge >= 0.3 is 0 Å². The summed E-state index contributed by atoms with van der Waals surface area (Å²) >= 11 is 11.7. The molecular weight excluding hydrogens is 439 g/mol. The van der Waals surface area contributed by atoms with Crippen LogP contribution in [0.4, 0.5) is 0 Å². The first kappa shape index (κ1) is 22.3. The van der Waals surface area contributed by atoms with Crippen LogP contribution in [-0.4, -0.2) is 70.0 Å². The maximum absolute atomic E-state index is 13.1. The van der Waals surface area contributed by atoms with Gasteiger partial charge in [-0.1, -0.05) is 23.2 Å². The van der Waals surface area contributed by atoms with E-state index in [9.17, 15) is 21.6 Å². The Morgan fingerprint density at radius 3 is 2.37 bits per heavy atom. The smallest absolute Gasteiger partial charge is 0.254 e. The fourth-order valence-electron chi connectivity index (χ4n) is 2.69. The Kier molecular flexibility index (Phi) is 7.11. The third-order valence-corrected chi connectivity index (χ3v) is 7.73. The highest BCUT2D eigenvalue weighted by Gasteiger charge is 2.45. The van der Waals surface area contributed by atoms with Crippen molar-refractivity contribution in [3.05, 3.63) is 28.2 Å². The van der Waals surface area contributed by atoms with E-state index in [2.05, 4.69) is 5.32 Å². The molecular formula is C14H20Cl2N4O5S2. The maximum Gasteiger partial charge on any atom is 0.254 e. The van der Waals surface area contributed by atoms with Crippen LogP contribution in [0.15, 0.2) is 23.1 Å². The molecule has 1 saturated heterocycles. The molecule has 13 heteroatoms. The Bertz CT molecular complexity index is 923. The van der Waals surface area contributed by atoms with Gasteiger partial charge in [-0.25, -0.2) is 16.8 Å². The van der Waals surface area contributed by atoms with Crippen LogP contribution >= 0.6 is 23.2 Å². The normalized spacial score (nSPS) is 19.8. The second-order valence-corrected chi connectivity index (χ2v) is 10.5. The van der Waals surface area contributed by atoms with E-state index in [1.54, 1.807) is 0 Å². The van der Waals surface area contributed by atoms with Crippen LogP contribution < -0.4 is 11.1 Å². The summed E-state index contributed by atoms with van der Waals surface area (Å²) in [5.74, 6) is -0.769. The first-order valence-electron chi connectivity index (χ1n) is 7.91. The van der Waals surface area contributed by atoms with Gasteiger partial charge in [0.15, 0.2) is 6.17 Å². The number of amides is 1. The Balaban J connectivity index is 2.52. The maximum atomic E-state index is 13.1. The SMILES string of the molecule is CS(=O)(=O)N1CCCN(S(=O)(=O)c2ccc(Cl)c(Cl)c2)C1C(=O)NCCN. The summed E-state index contributed by atoms with van der Waals surface area (Å²) in [5.41, 5.74) is 5.36. The average molecular weight is 459 g/mol. The minimum atomic E-state index is -4.22. The summed E-state index contributed by atoms with van der Waals surface area (Å²) < 4.78 is 52.2. The fraction of sp³-hybridized carbons (Fsp3) is 0.500. The zero-order chi connectivity index (χ0) is 20.4. The van der Waals surface area contributed by atoms with E-state index in [0.717, 1.165) is 20.9 Å². The van der Waals surface area contributed by atoms with Crippen LogP contribution in [0.25, 0.3) is 0 Å². The van der Waals surface area contributed by atoms with Gasteiger partial charge in [-0.05, 0) is 24.6 Å². The van der Waals surface area contributed by atoms with Crippen molar-refractivity contribution in [2.24, 2.45) is 5.73 Å². The third kappa shape index (κ3) is 4.91. The molecule has 2 rings (SSSR count). The van der Waals surface area contributed by atoms with Gasteiger partial charge in [0.05, 0.1) is 21.2 Å². The van der Waals surface area contributed by atoms with E-state index >= 15 is 0 Å². The highest BCUT2D eigenvalue weighted by molar-refractivity contribution is 7.89. The van der Waals surface area contributed by atoms with Crippen molar-refractivity contribution in [1.29, 1.82) is 0 Å². The van der Waals surface area contributed by atoms with E-state index in [1.165, 1.54) is 12.1 Å². The van der Waals surface area contributed by atoms with Gasteiger partial charge in [0.2, 0.25) is 20.0 Å². The average Bonchev–Trinajstić information content (AvgIpc) is 2.60. The van der Waals surface area contributed by atoms with E-state index in [1.807, 2.05) is 0 Å². The number of hydrogen-bond acceptors (Lipinski definition) is 6. The number of nitrogens with one attached hydrogen (secondary N) is 1. The van der Waals surface area contributed by atoms with Crippen LogP contribution in [0.3, 0.4) is 0 Å². The molecule has 9 nitrogen and oxygen atoms in total. The van der Waals surface area contributed by atoms with E-state index in [4.69, 9.17) is 28.9 Å². The van der Waals surface area contributed by atoms with Gasteiger partial charge < -0.3 is 11.1 Å². The summed E-state index contributed by atoms with van der Waals surface area (Å²) in [6, 6.07) is 3.73. The van der Waals surface area contributed by atoms with Crippen LogP contribution in [-0.2, 0) is 24.8 Å². The molecule has 0 aromatic heterocycles. The van der Waals surface area contributed by atoms with Gasteiger partial charge in [-0.2, -0.15) is 8.61 Å². The van der Waals surface area contributed by atoms with Gasteiger partial charge in [0.25, 0.3) is 5.91 Å². The summed E-state index contributed by atoms with van der Waals surface area (Å²) in [6.45, 7) is 0.187. The first-order chi connectivity index (χ1) is 12.5. The molecule has 1 unspecified atom stereocenters. The van der Waals surface area contributed by atoms with Crippen molar-refractivity contribution in [3.8, 4) is 0 Å². The molecule has 1 aromatic rings. The van der Waals surface area contributed by atoms with E-state index in [0.29, 0.717) is 0 Å². The van der Waals surface area contributed by atoms with Crippen LogP contribution in [0.1, 0.15) is 6.42 Å². The van der Waals surface area contributed by atoms with Crippen LogP contribution in [0.5, 0.6) is 0 Å². The molecule has 0 bridgehead atoms. The van der Waals surface area contributed by atoms with Gasteiger partial charge in [0.1, 0.15) is 0 Å². The molecule has 1 fully saturated rings. The zero-order valence-electron chi connectivity index (χ0n) is 14.4. The van der Waals surface area contributed by atoms with Crippen LogP contribution in [0, 0.1) is 0 Å². The summed E-state index contributed by atoms with van der Waals surface area (Å²) in [4.78, 5) is 12.4. The number of benzene rings is 1. The molecule has 0 aliphatic carbocycles. The Morgan fingerprint density at radius 2 is 1.81 bits per heavy atom. The second kappa shape index (κ2) is 8.60. The van der Waals surface area contributed by atoms with Crippen molar-refractivity contribution in [2.75, 3.05) is 32.4 Å². The lowest BCUT2D eigenvalue weighted by molar-refractivity contribution is -0.129. The molecule has 27 heavy (non-hydrogen) atoms. The second-order valence-electron chi connectivity index (χ2n) is 5.87. The van der Waals surface area contributed by atoms with E-state index < -0.39 is 32.1 Å². The summed E-state index contributed by atoms with van der Waals surface area (Å²) in [6.07, 6.45) is -0.403.